The topological polar surface area (TPSA) is 82.2 Å². The van der Waals surface area contributed by atoms with Gasteiger partial charge in [0.15, 0.2) is 0 Å². The molecule has 3 heterocycles. The molecule has 30 heavy (non-hydrogen) atoms. The molecule has 1 atom stereocenters. The van der Waals surface area contributed by atoms with Gasteiger partial charge in [-0.3, -0.25) is 19.4 Å². The number of fused-ring (bicyclic) bond motifs is 1. The molecule has 3 aliphatic heterocycles. The van der Waals surface area contributed by atoms with Crippen molar-refractivity contribution in [1.82, 2.24) is 20.0 Å². The molecule has 0 saturated carbocycles. The minimum Gasteiger partial charge on any atom is -0.485 e. The van der Waals surface area contributed by atoms with Gasteiger partial charge in [-0.25, -0.2) is 4.79 Å². The number of likely N-dealkylation sites (tertiary alicyclic amines) is 1. The third-order valence-electron chi connectivity index (χ3n) is 6.10. The highest BCUT2D eigenvalue weighted by Crippen LogP contribution is 2.35. The van der Waals surface area contributed by atoms with E-state index in [0.717, 1.165) is 55.1 Å². The van der Waals surface area contributed by atoms with Gasteiger partial charge in [0.2, 0.25) is 5.91 Å². The van der Waals surface area contributed by atoms with Crippen molar-refractivity contribution in [3.8, 4) is 5.75 Å². The fraction of sp³-hybridized carbons (Fsp3) is 0.500. The summed E-state index contributed by atoms with van der Waals surface area (Å²) in [6, 6.07) is 7.28. The zero-order valence-electron chi connectivity index (χ0n) is 17.1. The standard InChI is InChI=1S/C22H28N4O4/c1-2-10-24-11-5-8-22(9-12-24)16-25(14-17-6-3-4-7-18(17)30-22)20(28)15-26-19(27)13-23-21(26)29/h2-4,6-7H,1,5,8-16H2,(H,23,29). The van der Waals surface area contributed by atoms with Gasteiger partial charge < -0.3 is 15.0 Å². The van der Waals surface area contributed by atoms with E-state index in [2.05, 4.69) is 16.8 Å². The summed E-state index contributed by atoms with van der Waals surface area (Å²) in [5.41, 5.74) is 0.447. The maximum absolute atomic E-state index is 13.2. The van der Waals surface area contributed by atoms with Crippen LogP contribution in [0.25, 0.3) is 0 Å². The van der Waals surface area contributed by atoms with Gasteiger partial charge >= 0.3 is 6.03 Å². The Balaban J connectivity index is 1.58. The number of rotatable bonds is 4. The summed E-state index contributed by atoms with van der Waals surface area (Å²) in [6.45, 7) is 7.04. The van der Waals surface area contributed by atoms with Crippen LogP contribution in [0.15, 0.2) is 36.9 Å². The Morgan fingerprint density at radius 3 is 2.83 bits per heavy atom. The quantitative estimate of drug-likeness (QED) is 0.597. The van der Waals surface area contributed by atoms with Crippen molar-refractivity contribution in [2.24, 2.45) is 0 Å². The smallest absolute Gasteiger partial charge is 0.325 e. The first-order chi connectivity index (χ1) is 14.5. The van der Waals surface area contributed by atoms with Crippen LogP contribution < -0.4 is 10.1 Å². The van der Waals surface area contributed by atoms with Gasteiger partial charge in [0.25, 0.3) is 5.91 Å². The van der Waals surface area contributed by atoms with Gasteiger partial charge in [-0.05, 0) is 25.5 Å². The summed E-state index contributed by atoms with van der Waals surface area (Å²) in [5.74, 6) is 0.191. The maximum Gasteiger partial charge on any atom is 0.325 e. The SMILES string of the molecule is C=CCN1CCCC2(CC1)CN(C(=O)CN1C(=O)CNC1=O)Cc1ccccc1O2. The van der Waals surface area contributed by atoms with Crippen LogP contribution in [0.3, 0.4) is 0 Å². The van der Waals surface area contributed by atoms with Gasteiger partial charge in [0.1, 0.15) is 17.9 Å². The Morgan fingerprint density at radius 1 is 1.23 bits per heavy atom. The molecule has 1 spiro atoms. The molecule has 160 valence electrons. The van der Waals surface area contributed by atoms with E-state index in [-0.39, 0.29) is 24.9 Å². The summed E-state index contributed by atoms with van der Waals surface area (Å²) in [7, 11) is 0. The van der Waals surface area contributed by atoms with Gasteiger partial charge in [-0.1, -0.05) is 24.3 Å². The molecule has 2 fully saturated rings. The Kier molecular flexibility index (Phi) is 5.76. The molecule has 0 radical (unpaired) electrons. The summed E-state index contributed by atoms with van der Waals surface area (Å²) in [4.78, 5) is 42.1. The van der Waals surface area contributed by atoms with E-state index in [9.17, 15) is 14.4 Å². The predicted molar refractivity (Wildman–Crippen MR) is 111 cm³/mol. The number of carbonyl (C=O) groups excluding carboxylic acids is 3. The predicted octanol–water partition coefficient (Wildman–Crippen LogP) is 1.37. The number of nitrogens with zero attached hydrogens (tertiary/aromatic N) is 3. The highest BCUT2D eigenvalue weighted by molar-refractivity contribution is 6.04. The van der Waals surface area contributed by atoms with Gasteiger partial charge in [-0.15, -0.1) is 6.58 Å². The van der Waals surface area contributed by atoms with Crippen molar-refractivity contribution in [1.29, 1.82) is 0 Å². The van der Waals surface area contributed by atoms with Crippen molar-refractivity contribution in [2.45, 2.75) is 31.4 Å². The van der Waals surface area contributed by atoms with Crippen molar-refractivity contribution >= 4 is 17.8 Å². The van der Waals surface area contributed by atoms with Crippen molar-refractivity contribution in [3.63, 3.8) is 0 Å². The second-order valence-corrected chi connectivity index (χ2v) is 8.22. The van der Waals surface area contributed by atoms with E-state index < -0.39 is 11.6 Å². The third kappa shape index (κ3) is 4.18. The van der Waals surface area contributed by atoms with Crippen molar-refractivity contribution < 1.29 is 19.1 Å². The van der Waals surface area contributed by atoms with Crippen molar-refractivity contribution in [3.05, 3.63) is 42.5 Å². The van der Waals surface area contributed by atoms with E-state index in [1.54, 1.807) is 4.90 Å². The minimum absolute atomic E-state index is 0.0544. The minimum atomic E-state index is -0.510. The van der Waals surface area contributed by atoms with E-state index >= 15 is 0 Å². The molecule has 4 rings (SSSR count). The van der Waals surface area contributed by atoms with Gasteiger partial charge in [0.05, 0.1) is 13.1 Å². The summed E-state index contributed by atoms with van der Waals surface area (Å²) < 4.78 is 6.58. The number of imide groups is 1. The van der Waals surface area contributed by atoms with E-state index in [4.69, 9.17) is 4.74 Å². The van der Waals surface area contributed by atoms with Crippen LogP contribution in [0.5, 0.6) is 5.75 Å². The number of ether oxygens (including phenoxy) is 1. The van der Waals surface area contributed by atoms with Crippen LogP contribution in [-0.2, 0) is 16.1 Å². The molecule has 2 saturated heterocycles. The Hall–Kier alpha value is -2.87. The number of amides is 4. The summed E-state index contributed by atoms with van der Waals surface area (Å²) >= 11 is 0. The van der Waals surface area contributed by atoms with Crippen LogP contribution in [-0.4, -0.2) is 77.4 Å². The third-order valence-corrected chi connectivity index (χ3v) is 6.10. The number of urea groups is 1. The Morgan fingerprint density at radius 2 is 2.07 bits per heavy atom. The highest BCUT2D eigenvalue weighted by atomic mass is 16.5. The molecule has 0 aliphatic carbocycles. The van der Waals surface area contributed by atoms with Crippen LogP contribution in [0.1, 0.15) is 24.8 Å². The molecule has 1 aromatic carbocycles. The number of hydrogen-bond donors (Lipinski definition) is 1. The zero-order valence-corrected chi connectivity index (χ0v) is 17.1. The second kappa shape index (κ2) is 8.47. The molecule has 1 unspecified atom stereocenters. The molecule has 1 aromatic rings. The number of benzene rings is 1. The van der Waals surface area contributed by atoms with Gasteiger partial charge in [0, 0.05) is 31.6 Å². The number of carbonyl (C=O) groups is 3. The summed E-state index contributed by atoms with van der Waals surface area (Å²) in [5, 5.41) is 2.47. The van der Waals surface area contributed by atoms with Gasteiger partial charge in [-0.2, -0.15) is 0 Å². The molecule has 4 amide bonds. The molecule has 0 aromatic heterocycles. The monoisotopic (exact) mass is 412 g/mol. The molecule has 3 aliphatic rings. The largest absolute Gasteiger partial charge is 0.485 e. The first-order valence-electron chi connectivity index (χ1n) is 10.5. The zero-order chi connectivity index (χ0) is 21.1. The first-order valence-corrected chi connectivity index (χ1v) is 10.5. The normalized spacial score (nSPS) is 24.7. The van der Waals surface area contributed by atoms with E-state index in [1.807, 2.05) is 30.3 Å². The molecule has 8 nitrogen and oxygen atoms in total. The van der Waals surface area contributed by atoms with Crippen molar-refractivity contribution in [2.75, 3.05) is 39.3 Å². The Labute approximate surface area is 176 Å². The van der Waals surface area contributed by atoms with Crippen LogP contribution in [0.4, 0.5) is 4.79 Å². The maximum atomic E-state index is 13.2. The van der Waals surface area contributed by atoms with Crippen LogP contribution in [0, 0.1) is 0 Å². The lowest BCUT2D eigenvalue weighted by Gasteiger charge is -2.36. The molecule has 0 bridgehead atoms. The first kappa shape index (κ1) is 20.4. The molecular formula is C22H28N4O4. The molecule has 1 N–H and O–H groups in total. The molecular weight excluding hydrogens is 384 g/mol. The average molecular weight is 412 g/mol. The number of para-hydroxylation sites is 1. The number of hydrogen-bond acceptors (Lipinski definition) is 5. The van der Waals surface area contributed by atoms with E-state index in [1.165, 1.54) is 0 Å². The lowest BCUT2D eigenvalue weighted by Crippen LogP contribution is -2.50. The van der Waals surface area contributed by atoms with Crippen LogP contribution in [0.2, 0.25) is 0 Å². The molecule has 8 heteroatoms. The lowest BCUT2D eigenvalue weighted by molar-refractivity contribution is -0.138. The van der Waals surface area contributed by atoms with Crippen LogP contribution >= 0.6 is 0 Å². The fourth-order valence-corrected chi connectivity index (χ4v) is 4.48. The highest BCUT2D eigenvalue weighted by Gasteiger charge is 2.41. The van der Waals surface area contributed by atoms with E-state index in [0.29, 0.717) is 13.1 Å². The second-order valence-electron chi connectivity index (χ2n) is 8.22. The Bertz CT molecular complexity index is 841. The number of nitrogens with one attached hydrogen (secondary N) is 1. The summed E-state index contributed by atoms with van der Waals surface area (Å²) in [6.07, 6.45) is 4.50. The average Bonchev–Trinajstić information content (AvgIpc) is 2.90. The fourth-order valence-electron chi connectivity index (χ4n) is 4.48. The lowest BCUT2D eigenvalue weighted by atomic mass is 9.93.